The highest BCUT2D eigenvalue weighted by molar-refractivity contribution is 5.88. The van der Waals surface area contributed by atoms with Crippen LogP contribution in [-0.2, 0) is 0 Å². The molecule has 24 heavy (non-hydrogen) atoms. The third-order valence-corrected chi connectivity index (χ3v) is 3.60. The number of rotatable bonds is 7. The molecule has 0 unspecified atom stereocenters. The van der Waals surface area contributed by atoms with Crippen molar-refractivity contribution in [1.82, 2.24) is 20.0 Å². The Morgan fingerprint density at radius 2 is 2.21 bits per heavy atom. The summed E-state index contributed by atoms with van der Waals surface area (Å²) in [6.07, 6.45) is 6.04. The van der Waals surface area contributed by atoms with Gasteiger partial charge in [-0.3, -0.25) is 0 Å². The van der Waals surface area contributed by atoms with Crippen LogP contribution in [0.5, 0.6) is 0 Å². The molecule has 0 spiro atoms. The molecule has 1 fully saturated rings. The third kappa shape index (κ3) is 4.74. The summed E-state index contributed by atoms with van der Waals surface area (Å²) in [7, 11) is 1.00. The van der Waals surface area contributed by atoms with Crippen LogP contribution in [0.1, 0.15) is 19.8 Å². The molecule has 0 saturated heterocycles. The zero-order chi connectivity index (χ0) is 17.5. The highest BCUT2D eigenvalue weighted by Crippen LogP contribution is 2.30. The predicted octanol–water partition coefficient (Wildman–Crippen LogP) is 0.753. The second-order valence-corrected chi connectivity index (χ2v) is 5.50. The van der Waals surface area contributed by atoms with Gasteiger partial charge in [0.25, 0.3) is 0 Å². The Kier molecular flexibility index (Phi) is 6.21. The predicted molar refractivity (Wildman–Crippen MR) is 95.7 cm³/mol. The molecule has 2 heterocycles. The summed E-state index contributed by atoms with van der Waals surface area (Å²) in [6.45, 7) is 3.53. The minimum Gasteiger partial charge on any atom is -0.400 e. The van der Waals surface area contributed by atoms with Crippen LogP contribution in [0.2, 0.25) is 0 Å². The molecule has 0 bridgehead atoms. The van der Waals surface area contributed by atoms with Crippen molar-refractivity contribution in [1.29, 1.82) is 0 Å². The van der Waals surface area contributed by atoms with E-state index in [0.29, 0.717) is 18.3 Å². The maximum atomic E-state index is 7.00. The van der Waals surface area contributed by atoms with Gasteiger partial charge in [0.2, 0.25) is 5.95 Å². The van der Waals surface area contributed by atoms with Gasteiger partial charge in [-0.15, -0.1) is 0 Å². The van der Waals surface area contributed by atoms with Gasteiger partial charge in [0, 0.05) is 26.4 Å². The lowest BCUT2D eigenvalue weighted by Crippen LogP contribution is -2.27. The summed E-state index contributed by atoms with van der Waals surface area (Å²) in [6, 6.07) is 1.96. The Bertz CT molecular complexity index is 679. The molecule has 2 aromatic rings. The lowest BCUT2D eigenvalue weighted by atomic mass is 10.3. The molecule has 8 N–H and O–H groups in total. The Labute approximate surface area is 141 Å². The summed E-state index contributed by atoms with van der Waals surface area (Å²) < 4.78 is 0. The number of nitrogens with one attached hydrogen (secondary N) is 3. The van der Waals surface area contributed by atoms with Crippen LogP contribution in [-0.4, -0.2) is 45.3 Å². The van der Waals surface area contributed by atoms with Crippen LogP contribution in [0.25, 0.3) is 11.0 Å². The molecule has 132 valence electrons. The Morgan fingerprint density at radius 1 is 1.46 bits per heavy atom. The fourth-order valence-corrected chi connectivity index (χ4v) is 2.13. The highest BCUT2D eigenvalue weighted by Gasteiger charge is 2.21. The zero-order valence-corrected chi connectivity index (χ0v) is 14.1. The van der Waals surface area contributed by atoms with Crippen molar-refractivity contribution in [2.24, 2.45) is 17.5 Å². The normalized spacial score (nSPS) is 14.1. The number of aliphatic hydroxyl groups excluding tert-OH is 1. The van der Waals surface area contributed by atoms with E-state index in [1.165, 1.54) is 17.9 Å². The zero-order valence-electron chi connectivity index (χ0n) is 14.1. The Morgan fingerprint density at radius 3 is 2.88 bits per heavy atom. The van der Waals surface area contributed by atoms with E-state index < -0.39 is 0 Å². The number of fused-ring (bicyclic) bond motifs is 1. The first-order chi connectivity index (χ1) is 11.7. The average molecular weight is 334 g/mol. The van der Waals surface area contributed by atoms with E-state index in [-0.39, 0.29) is 0 Å². The van der Waals surface area contributed by atoms with E-state index in [9.17, 15) is 0 Å². The topological polar surface area (TPSA) is 141 Å². The number of hydrogen-bond donors (Lipinski definition) is 6. The van der Waals surface area contributed by atoms with Crippen molar-refractivity contribution in [2.75, 3.05) is 30.8 Å². The lowest BCUT2D eigenvalue weighted by molar-refractivity contribution is 0.399. The fourth-order valence-electron chi connectivity index (χ4n) is 2.13. The fraction of sp³-hybridized carbons (Fsp3) is 0.467. The minimum absolute atomic E-state index is 0.392. The van der Waals surface area contributed by atoms with Crippen molar-refractivity contribution >= 4 is 22.8 Å². The van der Waals surface area contributed by atoms with Crippen LogP contribution in [0.15, 0.2) is 24.3 Å². The number of hydrazine groups is 1. The molecule has 0 amide bonds. The van der Waals surface area contributed by atoms with Gasteiger partial charge < -0.3 is 31.5 Å². The van der Waals surface area contributed by atoms with E-state index in [2.05, 4.69) is 25.6 Å². The molecule has 1 aliphatic rings. The second-order valence-electron chi connectivity index (χ2n) is 5.50. The van der Waals surface area contributed by atoms with E-state index in [1.807, 2.05) is 19.2 Å². The number of nitrogens with zero attached hydrogens (tertiary/aromatic N) is 3. The molecule has 1 aliphatic carbocycles. The molecule has 0 aliphatic heterocycles. The molecule has 0 atom stereocenters. The third-order valence-electron chi connectivity index (χ3n) is 3.60. The van der Waals surface area contributed by atoms with Crippen LogP contribution >= 0.6 is 0 Å². The first-order valence-corrected chi connectivity index (χ1v) is 7.95. The largest absolute Gasteiger partial charge is 0.400 e. The maximum absolute atomic E-state index is 7.00. The Balaban J connectivity index is 0.00000100. The molecular formula is C15H26N8O. The summed E-state index contributed by atoms with van der Waals surface area (Å²) >= 11 is 0. The van der Waals surface area contributed by atoms with Crippen molar-refractivity contribution < 1.29 is 5.11 Å². The summed E-state index contributed by atoms with van der Waals surface area (Å²) in [5, 5.41) is 15.8. The molecule has 9 heteroatoms. The van der Waals surface area contributed by atoms with E-state index in [1.54, 1.807) is 6.20 Å². The van der Waals surface area contributed by atoms with Gasteiger partial charge in [-0.2, -0.15) is 9.97 Å². The van der Waals surface area contributed by atoms with Gasteiger partial charge in [-0.05, 0) is 31.7 Å². The van der Waals surface area contributed by atoms with Gasteiger partial charge in [-0.1, -0.05) is 0 Å². The minimum atomic E-state index is 0.392. The molecule has 1 saturated carbocycles. The smallest absolute Gasteiger partial charge is 0.232 e. The van der Waals surface area contributed by atoms with Gasteiger partial charge in [0.1, 0.15) is 17.3 Å². The van der Waals surface area contributed by atoms with Gasteiger partial charge in [0.15, 0.2) is 0 Å². The van der Waals surface area contributed by atoms with E-state index in [0.717, 1.165) is 36.4 Å². The molecule has 9 nitrogen and oxygen atoms in total. The number of anilines is 2. The molecular weight excluding hydrogens is 308 g/mol. The summed E-state index contributed by atoms with van der Waals surface area (Å²) in [5.74, 6) is 8.10. The standard InChI is InChI=1S/C14H22N8.CH4O/c1-2-22(16)8-11(15)19-14-20-12-10(5-6-17-12)13(21-14)18-7-9-3-4-9;1-2/h5-6,8-9H,2-4,7,15-16H2,1H3,(H3,17,18,19,20,21);2H,1H3/b11-8+;. The number of nitrogens with two attached hydrogens (primary N) is 2. The van der Waals surface area contributed by atoms with Crippen LogP contribution < -0.4 is 22.2 Å². The second kappa shape index (κ2) is 8.37. The monoisotopic (exact) mass is 334 g/mol. The van der Waals surface area contributed by atoms with Gasteiger partial charge in [0.05, 0.1) is 11.6 Å². The van der Waals surface area contributed by atoms with E-state index in [4.69, 9.17) is 16.7 Å². The lowest BCUT2D eigenvalue weighted by Gasteiger charge is -2.13. The van der Waals surface area contributed by atoms with Crippen LogP contribution in [0.3, 0.4) is 0 Å². The average Bonchev–Trinajstić information content (AvgIpc) is 3.29. The molecule has 0 radical (unpaired) electrons. The van der Waals surface area contributed by atoms with Crippen molar-refractivity contribution in [3.8, 4) is 0 Å². The van der Waals surface area contributed by atoms with Crippen molar-refractivity contribution in [3.63, 3.8) is 0 Å². The van der Waals surface area contributed by atoms with Gasteiger partial charge in [-0.25, -0.2) is 5.84 Å². The van der Waals surface area contributed by atoms with Crippen LogP contribution in [0.4, 0.5) is 11.8 Å². The SMILES string of the molecule is CCN(N)/C=C(\N)Nc1nc(NCC2CC2)c2cc[nH]c2n1.CO. The highest BCUT2D eigenvalue weighted by atomic mass is 16.2. The number of aromatic nitrogens is 3. The quantitative estimate of drug-likeness (QED) is 0.322. The van der Waals surface area contributed by atoms with E-state index >= 15 is 0 Å². The van der Waals surface area contributed by atoms with Crippen molar-refractivity contribution in [2.45, 2.75) is 19.8 Å². The number of hydrogen-bond acceptors (Lipinski definition) is 8. The summed E-state index contributed by atoms with van der Waals surface area (Å²) in [4.78, 5) is 12.0. The first kappa shape index (κ1) is 17.8. The number of aliphatic hydroxyl groups is 1. The molecule has 0 aromatic carbocycles. The molecule has 3 rings (SSSR count). The number of aromatic amines is 1. The van der Waals surface area contributed by atoms with Gasteiger partial charge >= 0.3 is 0 Å². The summed E-state index contributed by atoms with van der Waals surface area (Å²) in [5.41, 5.74) is 6.67. The number of H-pyrrole nitrogens is 1. The Hall–Kier alpha value is -2.52. The van der Waals surface area contributed by atoms with Crippen LogP contribution in [0, 0.1) is 5.92 Å². The maximum Gasteiger partial charge on any atom is 0.232 e. The molecule has 2 aromatic heterocycles. The van der Waals surface area contributed by atoms with Crippen molar-refractivity contribution in [3.05, 3.63) is 24.3 Å². The first-order valence-electron chi connectivity index (χ1n) is 7.95.